The Kier molecular flexibility index (Phi) is 6.42. The summed E-state index contributed by atoms with van der Waals surface area (Å²) in [5.41, 5.74) is 5.80. The number of rotatable bonds is 4. The van der Waals surface area contributed by atoms with Crippen molar-refractivity contribution in [3.05, 3.63) is 17.9 Å². The molecule has 1 aromatic rings. The molecule has 9 heteroatoms. The van der Waals surface area contributed by atoms with Gasteiger partial charge >= 0.3 is 0 Å². The fraction of sp³-hybridized carbons (Fsp3) is 0.538. The number of ether oxygens (including phenoxy) is 2. The van der Waals surface area contributed by atoms with E-state index in [-0.39, 0.29) is 36.5 Å². The zero-order valence-electron chi connectivity index (χ0n) is 12.4. The molecule has 126 valence electrons. The zero-order chi connectivity index (χ0) is 15.6. The van der Waals surface area contributed by atoms with Gasteiger partial charge in [-0.3, -0.25) is 0 Å². The van der Waals surface area contributed by atoms with Gasteiger partial charge in [0, 0.05) is 31.3 Å². The highest BCUT2D eigenvalue weighted by atomic mass is 35.5. The molecule has 1 aromatic carbocycles. The first-order chi connectivity index (χ1) is 9.90. The molecule has 0 radical (unpaired) electrons. The van der Waals surface area contributed by atoms with Crippen molar-refractivity contribution in [2.75, 3.05) is 27.3 Å². The molecule has 0 aromatic heterocycles. The molecule has 0 bridgehead atoms. The number of piperidine rings is 1. The Morgan fingerprint density at radius 1 is 1.27 bits per heavy atom. The highest BCUT2D eigenvalue weighted by Crippen LogP contribution is 2.33. The number of hydrogen-bond acceptors (Lipinski definition) is 5. The van der Waals surface area contributed by atoms with Crippen LogP contribution in [0.2, 0.25) is 0 Å². The number of hydrogen-bond donors (Lipinski definition) is 1. The summed E-state index contributed by atoms with van der Waals surface area (Å²) in [6.07, 6.45) is 1.43. The van der Waals surface area contributed by atoms with E-state index in [0.29, 0.717) is 13.0 Å². The maximum absolute atomic E-state index is 14.1. The van der Waals surface area contributed by atoms with Crippen molar-refractivity contribution in [2.24, 2.45) is 5.73 Å². The first-order valence-electron chi connectivity index (χ1n) is 6.57. The lowest BCUT2D eigenvalue weighted by atomic mass is 10.1. The predicted molar refractivity (Wildman–Crippen MR) is 82.7 cm³/mol. The van der Waals surface area contributed by atoms with Gasteiger partial charge in [0.1, 0.15) is 10.7 Å². The number of nitrogens with two attached hydrogens (primary N) is 1. The Balaban J connectivity index is 0.00000242. The second-order valence-corrected chi connectivity index (χ2v) is 6.81. The van der Waals surface area contributed by atoms with Crippen LogP contribution in [0.3, 0.4) is 0 Å². The molecular weight excluding hydrogens is 335 g/mol. The van der Waals surface area contributed by atoms with Gasteiger partial charge in [-0.2, -0.15) is 4.31 Å². The van der Waals surface area contributed by atoms with Crippen molar-refractivity contribution >= 4 is 22.4 Å². The van der Waals surface area contributed by atoms with E-state index in [4.69, 9.17) is 15.2 Å². The summed E-state index contributed by atoms with van der Waals surface area (Å²) in [5, 5.41) is 0. The average molecular weight is 355 g/mol. The summed E-state index contributed by atoms with van der Waals surface area (Å²) in [6, 6.07) is 1.93. The fourth-order valence-electron chi connectivity index (χ4n) is 2.36. The molecule has 1 aliphatic rings. The standard InChI is InChI=1S/C13H19FN2O4S.ClH/c1-19-11-6-10(14)13(7-12(11)20-2)21(17,18)16-5-3-4-9(15)8-16;/h6-7,9H,3-5,8,15H2,1-2H3;1H. The molecule has 1 atom stereocenters. The third kappa shape index (κ3) is 3.62. The summed E-state index contributed by atoms with van der Waals surface area (Å²) in [4.78, 5) is -0.422. The van der Waals surface area contributed by atoms with Crippen LogP contribution in [0.25, 0.3) is 0 Å². The van der Waals surface area contributed by atoms with Gasteiger partial charge in [-0.1, -0.05) is 0 Å². The molecule has 2 rings (SSSR count). The van der Waals surface area contributed by atoms with Gasteiger partial charge in [-0.25, -0.2) is 12.8 Å². The minimum Gasteiger partial charge on any atom is -0.493 e. The Hall–Kier alpha value is -1.09. The van der Waals surface area contributed by atoms with Crippen LogP contribution in [0.1, 0.15) is 12.8 Å². The van der Waals surface area contributed by atoms with Crippen molar-refractivity contribution in [2.45, 2.75) is 23.8 Å². The lowest BCUT2D eigenvalue weighted by molar-refractivity contribution is 0.314. The van der Waals surface area contributed by atoms with Crippen molar-refractivity contribution < 1.29 is 22.3 Å². The second-order valence-electron chi connectivity index (χ2n) is 4.90. The Labute approximate surface area is 135 Å². The summed E-state index contributed by atoms with van der Waals surface area (Å²) < 4.78 is 50.4. The summed E-state index contributed by atoms with van der Waals surface area (Å²) in [6.45, 7) is 0.528. The third-order valence-corrected chi connectivity index (χ3v) is 5.36. The van der Waals surface area contributed by atoms with Gasteiger partial charge in [0.05, 0.1) is 14.2 Å². The van der Waals surface area contributed by atoms with E-state index in [0.717, 1.165) is 18.6 Å². The zero-order valence-corrected chi connectivity index (χ0v) is 14.0. The van der Waals surface area contributed by atoms with Gasteiger partial charge in [-0.15, -0.1) is 12.4 Å². The lowest BCUT2D eigenvalue weighted by Crippen LogP contribution is -2.45. The highest BCUT2D eigenvalue weighted by Gasteiger charge is 2.32. The molecule has 0 spiro atoms. The lowest BCUT2D eigenvalue weighted by Gasteiger charge is -2.30. The van der Waals surface area contributed by atoms with Crippen molar-refractivity contribution in [3.8, 4) is 11.5 Å². The fourth-order valence-corrected chi connectivity index (χ4v) is 3.96. The summed E-state index contributed by atoms with van der Waals surface area (Å²) in [7, 11) is -1.22. The minimum atomic E-state index is -3.94. The first kappa shape index (κ1) is 19.0. The number of methoxy groups -OCH3 is 2. The van der Waals surface area contributed by atoms with Crippen LogP contribution in [0, 0.1) is 5.82 Å². The van der Waals surface area contributed by atoms with Crippen molar-refractivity contribution in [1.82, 2.24) is 4.31 Å². The monoisotopic (exact) mass is 354 g/mol. The maximum atomic E-state index is 14.1. The van der Waals surface area contributed by atoms with Crippen LogP contribution in [-0.2, 0) is 10.0 Å². The van der Waals surface area contributed by atoms with Crippen LogP contribution in [0.15, 0.2) is 17.0 Å². The molecule has 6 nitrogen and oxygen atoms in total. The van der Waals surface area contributed by atoms with Gasteiger partial charge < -0.3 is 15.2 Å². The molecule has 1 aliphatic heterocycles. The molecule has 1 saturated heterocycles. The number of sulfonamides is 1. The summed E-state index contributed by atoms with van der Waals surface area (Å²) >= 11 is 0. The van der Waals surface area contributed by atoms with Crippen molar-refractivity contribution in [3.63, 3.8) is 0 Å². The van der Waals surface area contributed by atoms with E-state index in [9.17, 15) is 12.8 Å². The van der Waals surface area contributed by atoms with Gasteiger partial charge in [0.2, 0.25) is 10.0 Å². The van der Waals surface area contributed by atoms with E-state index in [1.165, 1.54) is 18.5 Å². The van der Waals surface area contributed by atoms with E-state index in [1.807, 2.05) is 0 Å². The predicted octanol–water partition coefficient (Wildman–Crippen LogP) is 1.38. The Morgan fingerprint density at radius 3 is 2.41 bits per heavy atom. The SMILES string of the molecule is COc1cc(F)c(S(=O)(=O)N2CCCC(N)C2)cc1OC.Cl. The molecule has 1 unspecified atom stereocenters. The third-order valence-electron chi connectivity index (χ3n) is 3.48. The number of halogens is 2. The van der Waals surface area contributed by atoms with Crippen LogP contribution >= 0.6 is 12.4 Å². The van der Waals surface area contributed by atoms with Crippen LogP contribution < -0.4 is 15.2 Å². The molecule has 0 aliphatic carbocycles. The Bertz CT molecular complexity index is 627. The molecule has 0 amide bonds. The molecule has 2 N–H and O–H groups in total. The number of nitrogens with zero attached hydrogens (tertiary/aromatic N) is 1. The van der Waals surface area contributed by atoms with Crippen LogP contribution in [-0.4, -0.2) is 46.1 Å². The molecule has 1 heterocycles. The van der Waals surface area contributed by atoms with E-state index < -0.39 is 20.7 Å². The largest absolute Gasteiger partial charge is 0.493 e. The van der Waals surface area contributed by atoms with E-state index >= 15 is 0 Å². The second kappa shape index (κ2) is 7.45. The molecule has 1 fully saturated rings. The van der Waals surface area contributed by atoms with Gasteiger partial charge in [0.25, 0.3) is 0 Å². The highest BCUT2D eigenvalue weighted by molar-refractivity contribution is 7.89. The quantitative estimate of drug-likeness (QED) is 0.883. The molecule has 0 saturated carbocycles. The Morgan fingerprint density at radius 2 is 1.86 bits per heavy atom. The van der Waals surface area contributed by atoms with Crippen LogP contribution in [0.5, 0.6) is 11.5 Å². The maximum Gasteiger partial charge on any atom is 0.246 e. The van der Waals surface area contributed by atoms with Gasteiger partial charge in [-0.05, 0) is 12.8 Å². The molecular formula is C13H20ClFN2O4S. The smallest absolute Gasteiger partial charge is 0.246 e. The van der Waals surface area contributed by atoms with Gasteiger partial charge in [0.15, 0.2) is 11.5 Å². The first-order valence-corrected chi connectivity index (χ1v) is 8.01. The average Bonchev–Trinajstić information content (AvgIpc) is 2.46. The van der Waals surface area contributed by atoms with E-state index in [2.05, 4.69) is 0 Å². The topological polar surface area (TPSA) is 81.9 Å². The normalized spacial score (nSPS) is 19.4. The van der Waals surface area contributed by atoms with Crippen molar-refractivity contribution in [1.29, 1.82) is 0 Å². The molecule has 22 heavy (non-hydrogen) atoms. The van der Waals surface area contributed by atoms with E-state index in [1.54, 1.807) is 0 Å². The number of benzene rings is 1. The van der Waals surface area contributed by atoms with Crippen LogP contribution in [0.4, 0.5) is 4.39 Å². The minimum absolute atomic E-state index is 0. The summed E-state index contributed by atoms with van der Waals surface area (Å²) in [5.74, 6) is -0.560.